The van der Waals surface area contributed by atoms with Crippen LogP contribution in [0.4, 0.5) is 18.9 Å². The van der Waals surface area contributed by atoms with Gasteiger partial charge in [-0.2, -0.15) is 18.4 Å². The van der Waals surface area contributed by atoms with Gasteiger partial charge in [-0.3, -0.25) is 9.69 Å². The smallest absolute Gasteiger partial charge is 0.316 e. The highest BCUT2D eigenvalue weighted by Gasteiger charge is 2.60. The lowest BCUT2D eigenvalue weighted by atomic mass is 9.75. The molecule has 0 aromatic heterocycles. The van der Waals surface area contributed by atoms with Crippen LogP contribution in [0.1, 0.15) is 37.7 Å². The number of thiocarbonyl (C=S) groups is 1. The summed E-state index contributed by atoms with van der Waals surface area (Å²) in [6.45, 7) is 0.696. The van der Waals surface area contributed by atoms with Crippen molar-refractivity contribution in [3.63, 3.8) is 0 Å². The van der Waals surface area contributed by atoms with Gasteiger partial charge in [0.25, 0.3) is 5.91 Å². The monoisotopic (exact) mass is 446 g/mol. The van der Waals surface area contributed by atoms with Gasteiger partial charge in [0.2, 0.25) is 0 Å². The van der Waals surface area contributed by atoms with Crippen LogP contribution in [-0.4, -0.2) is 34.7 Å². The predicted octanol–water partition coefficient (Wildman–Crippen LogP) is 4.32. The average molecular weight is 446 g/mol. The molecule has 1 aliphatic heterocycles. The minimum Gasteiger partial charge on any atom is -0.316 e. The van der Waals surface area contributed by atoms with E-state index in [-0.39, 0.29) is 35.1 Å². The fraction of sp³-hybridized carbons (Fsp3) is 0.409. The second-order valence-corrected chi connectivity index (χ2v) is 8.34. The van der Waals surface area contributed by atoms with Crippen LogP contribution in [0.15, 0.2) is 47.2 Å². The minimum absolute atomic E-state index is 0.0741. The van der Waals surface area contributed by atoms with Crippen LogP contribution in [0.3, 0.4) is 0 Å². The van der Waals surface area contributed by atoms with Gasteiger partial charge in [0, 0.05) is 23.5 Å². The number of nitrogens with zero attached hydrogens (tertiary/aromatic N) is 3. The van der Waals surface area contributed by atoms with E-state index in [0.717, 1.165) is 23.7 Å². The van der Waals surface area contributed by atoms with Crippen LogP contribution in [-0.2, 0) is 11.3 Å². The fourth-order valence-corrected chi connectivity index (χ4v) is 4.94. The molecule has 162 valence electrons. The summed E-state index contributed by atoms with van der Waals surface area (Å²) in [4.78, 5) is 16.5. The Morgan fingerprint density at radius 3 is 2.42 bits per heavy atom. The van der Waals surface area contributed by atoms with E-state index >= 15 is 0 Å². The van der Waals surface area contributed by atoms with Gasteiger partial charge in [0.1, 0.15) is 5.54 Å². The van der Waals surface area contributed by atoms with Crippen LogP contribution < -0.4 is 10.2 Å². The van der Waals surface area contributed by atoms with Gasteiger partial charge in [-0.1, -0.05) is 12.1 Å². The number of allylic oxidation sites excluding steroid dienone is 4. The maximum atomic E-state index is 13.5. The third-order valence-corrected chi connectivity index (χ3v) is 6.53. The fourth-order valence-electron chi connectivity index (χ4n) is 4.46. The van der Waals surface area contributed by atoms with E-state index in [4.69, 9.17) is 17.5 Å². The molecule has 1 aromatic rings. The number of nitriles is 1. The van der Waals surface area contributed by atoms with E-state index < -0.39 is 17.3 Å². The van der Waals surface area contributed by atoms with Crippen molar-refractivity contribution in [1.82, 2.24) is 10.2 Å². The quantitative estimate of drug-likeness (QED) is 0.698. The molecule has 5 nitrogen and oxygen atoms in total. The molecule has 1 N–H and O–H groups in total. The predicted molar refractivity (Wildman–Crippen MR) is 114 cm³/mol. The molecule has 1 amide bonds. The summed E-state index contributed by atoms with van der Waals surface area (Å²) in [6, 6.07) is 9.31. The van der Waals surface area contributed by atoms with Gasteiger partial charge in [-0.25, -0.2) is 0 Å². The zero-order chi connectivity index (χ0) is 22.4. The van der Waals surface area contributed by atoms with Crippen LogP contribution in [0.5, 0.6) is 0 Å². The second-order valence-electron chi connectivity index (χ2n) is 7.98. The maximum Gasteiger partial charge on any atom is 0.417 e. The molecule has 0 unspecified atom stereocenters. The molecule has 0 bridgehead atoms. The Labute approximate surface area is 183 Å². The van der Waals surface area contributed by atoms with Gasteiger partial charge in [-0.05, 0) is 75.1 Å². The average Bonchev–Trinajstić information content (AvgIpc) is 2.94. The minimum atomic E-state index is -4.67. The topological polar surface area (TPSA) is 59.4 Å². The first-order valence-electron chi connectivity index (χ1n) is 10.1. The van der Waals surface area contributed by atoms with E-state index in [9.17, 15) is 18.0 Å². The van der Waals surface area contributed by atoms with Crippen molar-refractivity contribution in [2.24, 2.45) is 0 Å². The first kappa shape index (κ1) is 21.5. The van der Waals surface area contributed by atoms with E-state index in [1.807, 2.05) is 31.3 Å². The Morgan fingerprint density at radius 1 is 1.23 bits per heavy atom. The van der Waals surface area contributed by atoms with E-state index in [2.05, 4.69) is 5.32 Å². The SMILES string of the molecule is CNCc1ccc(N2C(=S)N(C3=CC(C(F)(F)F)=C(C#N)CC3)C(=O)C23CCC3)cc1. The van der Waals surface area contributed by atoms with Gasteiger partial charge < -0.3 is 10.2 Å². The molecule has 31 heavy (non-hydrogen) atoms. The third kappa shape index (κ3) is 3.44. The van der Waals surface area contributed by atoms with Crippen molar-refractivity contribution >= 4 is 28.9 Å². The number of carbonyl (C=O) groups is 1. The van der Waals surface area contributed by atoms with Gasteiger partial charge in [0.15, 0.2) is 5.11 Å². The molecular weight excluding hydrogens is 425 g/mol. The standard InChI is InChI=1S/C22H21F3N4OS/c1-27-13-14-3-6-16(7-4-14)29-20(31)28(19(30)21(29)9-2-10-21)17-8-5-15(12-26)18(11-17)22(23,24)25/h3-4,6-7,11,27H,2,5,8-10,13H2,1H3. The lowest BCUT2D eigenvalue weighted by Crippen LogP contribution is -2.55. The van der Waals surface area contributed by atoms with Crippen molar-refractivity contribution in [3.05, 3.63) is 52.7 Å². The molecule has 9 heteroatoms. The summed E-state index contributed by atoms with van der Waals surface area (Å²) in [6.07, 6.45) is -1.63. The zero-order valence-corrected chi connectivity index (χ0v) is 17.7. The van der Waals surface area contributed by atoms with Crippen molar-refractivity contribution in [2.75, 3.05) is 11.9 Å². The lowest BCUT2D eigenvalue weighted by molar-refractivity contribution is -0.132. The van der Waals surface area contributed by atoms with E-state index in [0.29, 0.717) is 19.4 Å². The van der Waals surface area contributed by atoms with Crippen molar-refractivity contribution in [1.29, 1.82) is 5.26 Å². The molecule has 0 radical (unpaired) electrons. The van der Waals surface area contributed by atoms with Crippen LogP contribution in [0.25, 0.3) is 0 Å². The van der Waals surface area contributed by atoms with Gasteiger partial charge in [-0.15, -0.1) is 0 Å². The number of halogens is 3. The van der Waals surface area contributed by atoms with Crippen LogP contribution >= 0.6 is 12.2 Å². The summed E-state index contributed by atoms with van der Waals surface area (Å²) in [7, 11) is 1.85. The molecule has 1 saturated heterocycles. The Bertz CT molecular complexity index is 1030. The second kappa shape index (κ2) is 7.77. The number of alkyl halides is 3. The highest BCUT2D eigenvalue weighted by molar-refractivity contribution is 7.80. The van der Waals surface area contributed by atoms with E-state index in [1.165, 1.54) is 4.90 Å². The number of amides is 1. The summed E-state index contributed by atoms with van der Waals surface area (Å²) in [5.74, 6) is -0.281. The Hall–Kier alpha value is -2.70. The summed E-state index contributed by atoms with van der Waals surface area (Å²) >= 11 is 5.64. The summed E-state index contributed by atoms with van der Waals surface area (Å²) < 4.78 is 40.5. The third-order valence-electron chi connectivity index (χ3n) is 6.16. The largest absolute Gasteiger partial charge is 0.417 e. The van der Waals surface area contributed by atoms with Crippen molar-refractivity contribution < 1.29 is 18.0 Å². The molecule has 1 aromatic carbocycles. The molecule has 3 aliphatic rings. The first-order valence-corrected chi connectivity index (χ1v) is 10.5. The maximum absolute atomic E-state index is 13.5. The molecule has 1 saturated carbocycles. The number of benzene rings is 1. The number of carbonyl (C=O) groups excluding carboxylic acids is 1. The number of anilines is 1. The van der Waals surface area contributed by atoms with Crippen molar-refractivity contribution in [3.8, 4) is 6.07 Å². The first-order chi connectivity index (χ1) is 14.7. The number of rotatable bonds is 4. The summed E-state index contributed by atoms with van der Waals surface area (Å²) in [5.41, 5.74) is -0.141. The van der Waals surface area contributed by atoms with Crippen molar-refractivity contribution in [2.45, 2.75) is 50.4 Å². The van der Waals surface area contributed by atoms with Crippen LogP contribution in [0.2, 0.25) is 0 Å². The summed E-state index contributed by atoms with van der Waals surface area (Å²) in [5, 5.41) is 12.4. The highest BCUT2D eigenvalue weighted by Crippen LogP contribution is 2.49. The zero-order valence-electron chi connectivity index (χ0n) is 16.9. The molecule has 2 aliphatic carbocycles. The molecule has 1 spiro atoms. The Kier molecular flexibility index (Phi) is 5.40. The normalized spacial score (nSPS) is 20.8. The Balaban J connectivity index is 1.74. The Morgan fingerprint density at radius 2 is 1.90 bits per heavy atom. The molecule has 4 rings (SSSR count). The lowest BCUT2D eigenvalue weighted by Gasteiger charge is -2.43. The van der Waals surface area contributed by atoms with Gasteiger partial charge >= 0.3 is 6.18 Å². The van der Waals surface area contributed by atoms with Crippen LogP contribution in [0, 0.1) is 11.3 Å². The number of nitrogens with one attached hydrogen (secondary N) is 1. The molecule has 2 fully saturated rings. The highest BCUT2D eigenvalue weighted by atomic mass is 32.1. The molecule has 1 heterocycles. The van der Waals surface area contributed by atoms with Gasteiger partial charge in [0.05, 0.1) is 11.6 Å². The number of hydrogen-bond donors (Lipinski definition) is 1. The molecular formula is C22H21F3N4OS. The number of hydrogen-bond acceptors (Lipinski definition) is 4. The van der Waals surface area contributed by atoms with E-state index in [1.54, 1.807) is 11.0 Å². The molecule has 0 atom stereocenters.